The maximum atomic E-state index is 11.7. The summed E-state index contributed by atoms with van der Waals surface area (Å²) in [6.45, 7) is 0. The van der Waals surface area contributed by atoms with E-state index in [1.807, 2.05) is 0 Å². The third kappa shape index (κ3) is 2.49. The van der Waals surface area contributed by atoms with Crippen LogP contribution in [0.2, 0.25) is 0 Å². The molecule has 2 rings (SSSR count). The van der Waals surface area contributed by atoms with E-state index < -0.39 is 5.91 Å². The van der Waals surface area contributed by atoms with Crippen molar-refractivity contribution in [3.8, 4) is 11.5 Å². The van der Waals surface area contributed by atoms with Gasteiger partial charge in [-0.25, -0.2) is 9.97 Å². The molecular formula is C11H9N3O3. The molecule has 2 aromatic rings. The van der Waals surface area contributed by atoms with Gasteiger partial charge in [-0.3, -0.25) is 10.1 Å². The highest BCUT2D eigenvalue weighted by Crippen LogP contribution is 2.24. The summed E-state index contributed by atoms with van der Waals surface area (Å²) in [5.74, 6) is -0.930. The molecular weight excluding hydrogens is 222 g/mol. The van der Waals surface area contributed by atoms with E-state index in [1.165, 1.54) is 24.5 Å². The highest BCUT2D eigenvalue weighted by atomic mass is 16.3. The minimum atomic E-state index is -0.466. The third-order valence-electron chi connectivity index (χ3n) is 2.03. The van der Waals surface area contributed by atoms with E-state index >= 15 is 0 Å². The Balaban J connectivity index is 2.18. The molecule has 86 valence electrons. The van der Waals surface area contributed by atoms with Crippen LogP contribution in [0.1, 0.15) is 10.4 Å². The molecule has 0 radical (unpaired) electrons. The molecule has 1 heterocycles. The summed E-state index contributed by atoms with van der Waals surface area (Å²) in [7, 11) is 0. The lowest BCUT2D eigenvalue weighted by Crippen LogP contribution is -2.13. The first kappa shape index (κ1) is 10.9. The molecule has 0 aliphatic heterocycles. The lowest BCUT2D eigenvalue weighted by molar-refractivity contribution is 0.102. The number of hydrogen-bond acceptors (Lipinski definition) is 5. The summed E-state index contributed by atoms with van der Waals surface area (Å²) in [6, 6.07) is 5.40. The van der Waals surface area contributed by atoms with E-state index in [9.17, 15) is 9.90 Å². The van der Waals surface area contributed by atoms with Gasteiger partial charge in [-0.15, -0.1) is 0 Å². The van der Waals surface area contributed by atoms with Crippen LogP contribution >= 0.6 is 0 Å². The van der Waals surface area contributed by atoms with E-state index in [2.05, 4.69) is 15.3 Å². The van der Waals surface area contributed by atoms with E-state index in [0.717, 1.165) is 6.07 Å². The van der Waals surface area contributed by atoms with E-state index in [1.54, 1.807) is 6.07 Å². The lowest BCUT2D eigenvalue weighted by Gasteiger charge is -2.04. The number of carbonyl (C=O) groups excluding carboxylic acids is 1. The molecule has 6 nitrogen and oxygen atoms in total. The van der Waals surface area contributed by atoms with Crippen LogP contribution in [-0.4, -0.2) is 26.1 Å². The molecule has 0 saturated heterocycles. The Kier molecular flexibility index (Phi) is 2.87. The Morgan fingerprint density at radius 1 is 1.12 bits per heavy atom. The fraction of sp³-hybridized carbons (Fsp3) is 0. The predicted molar refractivity (Wildman–Crippen MR) is 59.8 cm³/mol. The van der Waals surface area contributed by atoms with Crippen LogP contribution in [0.15, 0.2) is 36.7 Å². The molecule has 0 unspecified atom stereocenters. The number of phenolic OH excluding ortho intramolecular Hbond substituents is 2. The van der Waals surface area contributed by atoms with Gasteiger partial charge < -0.3 is 10.2 Å². The quantitative estimate of drug-likeness (QED) is 0.673. The number of aromatic hydroxyl groups is 2. The molecule has 3 N–H and O–H groups in total. The zero-order valence-electron chi connectivity index (χ0n) is 8.66. The molecule has 0 saturated carbocycles. The highest BCUT2D eigenvalue weighted by Gasteiger charge is 2.09. The second-order valence-corrected chi connectivity index (χ2v) is 3.23. The molecule has 0 atom stereocenters. The summed E-state index contributed by atoms with van der Waals surface area (Å²) in [4.78, 5) is 19.4. The summed E-state index contributed by atoms with van der Waals surface area (Å²) < 4.78 is 0. The monoisotopic (exact) mass is 231 g/mol. The Bertz CT molecular complexity index is 543. The molecule has 1 aromatic carbocycles. The normalized spacial score (nSPS) is 9.88. The van der Waals surface area contributed by atoms with Gasteiger partial charge in [0.05, 0.1) is 0 Å². The van der Waals surface area contributed by atoms with Gasteiger partial charge in [0.25, 0.3) is 5.91 Å². The molecule has 0 bridgehead atoms. The Morgan fingerprint density at radius 3 is 2.47 bits per heavy atom. The topological polar surface area (TPSA) is 95.3 Å². The summed E-state index contributed by atoms with van der Waals surface area (Å²) in [5, 5.41) is 20.8. The van der Waals surface area contributed by atoms with E-state index in [4.69, 9.17) is 5.11 Å². The van der Waals surface area contributed by atoms with Gasteiger partial charge in [0, 0.05) is 18.0 Å². The maximum absolute atomic E-state index is 11.7. The largest absolute Gasteiger partial charge is 0.504 e. The van der Waals surface area contributed by atoms with Crippen molar-refractivity contribution in [2.75, 3.05) is 5.32 Å². The maximum Gasteiger partial charge on any atom is 0.258 e. The van der Waals surface area contributed by atoms with Crippen LogP contribution in [0.25, 0.3) is 0 Å². The van der Waals surface area contributed by atoms with Gasteiger partial charge in [-0.05, 0) is 24.3 Å². The standard InChI is InChI=1S/C11H9N3O3/c15-8-3-2-7(6-9(8)16)10(17)14-11-12-4-1-5-13-11/h1-6,15-16H,(H,12,13,14,17). The molecule has 0 aliphatic rings. The number of anilines is 1. The number of aromatic nitrogens is 2. The minimum Gasteiger partial charge on any atom is -0.504 e. The molecule has 0 spiro atoms. The van der Waals surface area contributed by atoms with Crippen molar-refractivity contribution in [1.29, 1.82) is 0 Å². The SMILES string of the molecule is O=C(Nc1ncccn1)c1ccc(O)c(O)c1. The van der Waals surface area contributed by atoms with Crippen LogP contribution in [0.5, 0.6) is 11.5 Å². The Hall–Kier alpha value is -2.63. The molecule has 17 heavy (non-hydrogen) atoms. The minimum absolute atomic E-state index is 0.171. The van der Waals surface area contributed by atoms with Crippen molar-refractivity contribution in [3.63, 3.8) is 0 Å². The smallest absolute Gasteiger partial charge is 0.258 e. The van der Waals surface area contributed by atoms with Gasteiger partial charge >= 0.3 is 0 Å². The first-order chi connectivity index (χ1) is 8.16. The predicted octanol–water partition coefficient (Wildman–Crippen LogP) is 1.14. The van der Waals surface area contributed by atoms with Crippen LogP contribution in [0.4, 0.5) is 5.95 Å². The number of benzene rings is 1. The summed E-state index contributed by atoms with van der Waals surface area (Å²) >= 11 is 0. The van der Waals surface area contributed by atoms with Crippen molar-refractivity contribution >= 4 is 11.9 Å². The number of rotatable bonds is 2. The number of carbonyl (C=O) groups is 1. The zero-order chi connectivity index (χ0) is 12.3. The van der Waals surface area contributed by atoms with Gasteiger partial charge in [-0.2, -0.15) is 0 Å². The Labute approximate surface area is 96.6 Å². The van der Waals surface area contributed by atoms with Crippen LogP contribution in [0.3, 0.4) is 0 Å². The molecule has 1 aromatic heterocycles. The molecule has 1 amide bonds. The van der Waals surface area contributed by atoms with E-state index in [0.29, 0.717) is 0 Å². The van der Waals surface area contributed by atoms with Crippen LogP contribution < -0.4 is 5.32 Å². The Morgan fingerprint density at radius 2 is 1.82 bits per heavy atom. The van der Waals surface area contributed by atoms with Gasteiger partial charge in [0.2, 0.25) is 5.95 Å². The summed E-state index contributed by atoms with van der Waals surface area (Å²) in [5.41, 5.74) is 0.202. The second kappa shape index (κ2) is 4.48. The molecule has 0 aliphatic carbocycles. The highest BCUT2D eigenvalue weighted by molar-refractivity contribution is 6.03. The number of amides is 1. The van der Waals surface area contributed by atoms with Crippen molar-refractivity contribution in [3.05, 3.63) is 42.2 Å². The molecule has 6 heteroatoms. The number of nitrogens with zero attached hydrogens (tertiary/aromatic N) is 2. The van der Waals surface area contributed by atoms with E-state index in [-0.39, 0.29) is 23.0 Å². The first-order valence-corrected chi connectivity index (χ1v) is 4.77. The van der Waals surface area contributed by atoms with Gasteiger partial charge in [0.15, 0.2) is 11.5 Å². The van der Waals surface area contributed by atoms with Gasteiger partial charge in [0.1, 0.15) is 0 Å². The zero-order valence-corrected chi connectivity index (χ0v) is 8.66. The number of phenols is 2. The average Bonchev–Trinajstić information content (AvgIpc) is 2.34. The van der Waals surface area contributed by atoms with Crippen LogP contribution in [-0.2, 0) is 0 Å². The van der Waals surface area contributed by atoms with Crippen molar-refractivity contribution in [2.24, 2.45) is 0 Å². The van der Waals surface area contributed by atoms with Crippen LogP contribution in [0, 0.1) is 0 Å². The molecule has 0 fully saturated rings. The van der Waals surface area contributed by atoms with Crippen molar-refractivity contribution in [1.82, 2.24) is 9.97 Å². The average molecular weight is 231 g/mol. The lowest BCUT2D eigenvalue weighted by atomic mass is 10.2. The second-order valence-electron chi connectivity index (χ2n) is 3.23. The van der Waals surface area contributed by atoms with Crippen molar-refractivity contribution in [2.45, 2.75) is 0 Å². The van der Waals surface area contributed by atoms with Crippen molar-refractivity contribution < 1.29 is 15.0 Å². The fourth-order valence-corrected chi connectivity index (χ4v) is 1.20. The fourth-order valence-electron chi connectivity index (χ4n) is 1.20. The number of nitrogens with one attached hydrogen (secondary N) is 1. The number of hydrogen-bond donors (Lipinski definition) is 3. The first-order valence-electron chi connectivity index (χ1n) is 4.77. The third-order valence-corrected chi connectivity index (χ3v) is 2.03. The van der Waals surface area contributed by atoms with Gasteiger partial charge in [-0.1, -0.05) is 0 Å². The summed E-state index contributed by atoms with van der Waals surface area (Å²) in [6.07, 6.45) is 2.99.